The highest BCUT2D eigenvalue weighted by atomic mass is 19.1. The number of hydrogen-bond acceptors (Lipinski definition) is 2. The fourth-order valence-corrected chi connectivity index (χ4v) is 2.94. The standard InChI is InChI=1S/C21H21FN2O2/c1-15-12-17(22)8-9-19(15)23-21(25)14-20(24-10-3-4-11-24)16-6-5-7-18(13-16)26-2/h3-13,20H,14H2,1-2H3,(H,23,25)/t20-/m1/s1. The van der Waals surface area contributed by atoms with Gasteiger partial charge in [-0.25, -0.2) is 4.39 Å². The highest BCUT2D eigenvalue weighted by Gasteiger charge is 2.18. The van der Waals surface area contributed by atoms with E-state index in [1.165, 1.54) is 12.1 Å². The summed E-state index contributed by atoms with van der Waals surface area (Å²) in [5.41, 5.74) is 2.29. The Kier molecular flexibility index (Phi) is 5.37. The number of ether oxygens (including phenoxy) is 1. The fraction of sp³-hybridized carbons (Fsp3) is 0.190. The molecule has 1 aromatic heterocycles. The highest BCUT2D eigenvalue weighted by molar-refractivity contribution is 5.92. The number of anilines is 1. The van der Waals surface area contributed by atoms with Crippen LogP contribution in [0.5, 0.6) is 5.75 Å². The number of nitrogens with one attached hydrogen (secondary N) is 1. The van der Waals surface area contributed by atoms with E-state index in [2.05, 4.69) is 5.32 Å². The van der Waals surface area contributed by atoms with Gasteiger partial charge in [0, 0.05) is 18.1 Å². The smallest absolute Gasteiger partial charge is 0.226 e. The van der Waals surface area contributed by atoms with E-state index in [0.29, 0.717) is 11.3 Å². The predicted octanol–water partition coefficient (Wildman–Crippen LogP) is 4.56. The van der Waals surface area contributed by atoms with Gasteiger partial charge in [0.1, 0.15) is 11.6 Å². The van der Waals surface area contributed by atoms with Crippen LogP contribution in [0.3, 0.4) is 0 Å². The van der Waals surface area contributed by atoms with Crippen LogP contribution in [0.25, 0.3) is 0 Å². The Hall–Kier alpha value is -3.08. The molecule has 3 aromatic rings. The second kappa shape index (κ2) is 7.87. The van der Waals surface area contributed by atoms with Crippen LogP contribution >= 0.6 is 0 Å². The molecular weight excluding hydrogens is 331 g/mol. The number of halogens is 1. The zero-order chi connectivity index (χ0) is 18.5. The number of methoxy groups -OCH3 is 1. The Morgan fingerprint density at radius 3 is 2.62 bits per heavy atom. The molecule has 1 atom stereocenters. The fourth-order valence-electron chi connectivity index (χ4n) is 2.94. The first-order chi connectivity index (χ1) is 12.6. The summed E-state index contributed by atoms with van der Waals surface area (Å²) in [6.07, 6.45) is 4.11. The summed E-state index contributed by atoms with van der Waals surface area (Å²) in [5, 5.41) is 2.88. The van der Waals surface area contributed by atoms with Crippen molar-refractivity contribution in [3.05, 3.63) is 83.9 Å². The van der Waals surface area contributed by atoms with Crippen molar-refractivity contribution < 1.29 is 13.9 Å². The third-order valence-electron chi connectivity index (χ3n) is 4.31. The maximum atomic E-state index is 13.2. The van der Waals surface area contributed by atoms with Crippen LogP contribution in [-0.4, -0.2) is 17.6 Å². The van der Waals surface area contributed by atoms with Gasteiger partial charge in [0.2, 0.25) is 5.91 Å². The molecule has 0 saturated heterocycles. The highest BCUT2D eigenvalue weighted by Crippen LogP contribution is 2.26. The molecule has 1 heterocycles. The second-order valence-electron chi connectivity index (χ2n) is 6.13. The van der Waals surface area contributed by atoms with E-state index >= 15 is 0 Å². The van der Waals surface area contributed by atoms with Crippen LogP contribution in [0.4, 0.5) is 10.1 Å². The predicted molar refractivity (Wildman–Crippen MR) is 99.9 cm³/mol. The SMILES string of the molecule is COc1cccc([C@@H](CC(=O)Nc2ccc(F)cc2C)n2cccc2)c1. The molecule has 0 unspecified atom stereocenters. The lowest BCUT2D eigenvalue weighted by Gasteiger charge is -2.20. The van der Waals surface area contributed by atoms with Gasteiger partial charge in [-0.05, 0) is 60.5 Å². The van der Waals surface area contributed by atoms with Crippen molar-refractivity contribution in [3.8, 4) is 5.75 Å². The van der Waals surface area contributed by atoms with Crippen molar-refractivity contribution in [2.45, 2.75) is 19.4 Å². The van der Waals surface area contributed by atoms with E-state index in [4.69, 9.17) is 4.74 Å². The number of rotatable bonds is 6. The molecule has 26 heavy (non-hydrogen) atoms. The number of hydrogen-bond donors (Lipinski definition) is 1. The molecule has 1 N–H and O–H groups in total. The lowest BCUT2D eigenvalue weighted by molar-refractivity contribution is -0.116. The minimum atomic E-state index is -0.318. The van der Waals surface area contributed by atoms with Gasteiger partial charge in [0.15, 0.2) is 0 Å². The monoisotopic (exact) mass is 352 g/mol. The third kappa shape index (κ3) is 4.11. The Labute approximate surface area is 152 Å². The number of aryl methyl sites for hydroxylation is 1. The first kappa shape index (κ1) is 17.7. The average Bonchev–Trinajstić information content (AvgIpc) is 3.16. The van der Waals surface area contributed by atoms with E-state index in [1.54, 1.807) is 20.1 Å². The first-order valence-electron chi connectivity index (χ1n) is 8.39. The molecule has 0 aliphatic heterocycles. The van der Waals surface area contributed by atoms with Crippen LogP contribution in [0.15, 0.2) is 67.0 Å². The molecule has 5 heteroatoms. The average molecular weight is 352 g/mol. The number of carbonyl (C=O) groups excluding carboxylic acids is 1. The Bertz CT molecular complexity index is 891. The summed E-state index contributed by atoms with van der Waals surface area (Å²) in [5.74, 6) is 0.290. The Morgan fingerprint density at radius 2 is 1.92 bits per heavy atom. The van der Waals surface area contributed by atoms with E-state index in [0.717, 1.165) is 11.3 Å². The number of aromatic nitrogens is 1. The molecule has 0 fully saturated rings. The minimum Gasteiger partial charge on any atom is -0.497 e. The molecule has 0 spiro atoms. The quantitative estimate of drug-likeness (QED) is 0.707. The maximum absolute atomic E-state index is 13.2. The van der Waals surface area contributed by atoms with E-state index in [9.17, 15) is 9.18 Å². The Balaban J connectivity index is 1.82. The summed E-state index contributed by atoms with van der Waals surface area (Å²) in [4.78, 5) is 12.6. The molecule has 0 radical (unpaired) electrons. The molecule has 1 amide bonds. The molecule has 0 aliphatic carbocycles. The molecule has 134 valence electrons. The summed E-state index contributed by atoms with van der Waals surface area (Å²) < 4.78 is 20.5. The third-order valence-corrected chi connectivity index (χ3v) is 4.31. The van der Waals surface area contributed by atoms with Crippen molar-refractivity contribution in [2.24, 2.45) is 0 Å². The van der Waals surface area contributed by atoms with Crippen LogP contribution in [0.1, 0.15) is 23.6 Å². The minimum absolute atomic E-state index is 0.138. The van der Waals surface area contributed by atoms with Crippen molar-refractivity contribution >= 4 is 11.6 Å². The second-order valence-corrected chi connectivity index (χ2v) is 6.13. The van der Waals surface area contributed by atoms with Crippen LogP contribution in [-0.2, 0) is 4.79 Å². The number of nitrogens with zero attached hydrogens (tertiary/aromatic N) is 1. The maximum Gasteiger partial charge on any atom is 0.226 e. The summed E-state index contributed by atoms with van der Waals surface area (Å²) >= 11 is 0. The topological polar surface area (TPSA) is 43.3 Å². The molecule has 0 bridgehead atoms. The number of carbonyl (C=O) groups is 1. The van der Waals surface area contributed by atoms with Crippen LogP contribution in [0.2, 0.25) is 0 Å². The lowest BCUT2D eigenvalue weighted by Crippen LogP contribution is -2.20. The first-order valence-corrected chi connectivity index (χ1v) is 8.39. The van der Waals surface area contributed by atoms with Crippen molar-refractivity contribution in [1.82, 2.24) is 4.57 Å². The lowest BCUT2D eigenvalue weighted by atomic mass is 10.0. The molecule has 2 aromatic carbocycles. The van der Waals surface area contributed by atoms with Gasteiger partial charge in [-0.15, -0.1) is 0 Å². The van der Waals surface area contributed by atoms with E-state index in [1.807, 2.05) is 53.4 Å². The van der Waals surface area contributed by atoms with Crippen molar-refractivity contribution in [1.29, 1.82) is 0 Å². The van der Waals surface area contributed by atoms with Gasteiger partial charge < -0.3 is 14.6 Å². The Morgan fingerprint density at radius 1 is 1.15 bits per heavy atom. The van der Waals surface area contributed by atoms with Crippen LogP contribution in [0, 0.1) is 12.7 Å². The molecule has 0 aliphatic rings. The van der Waals surface area contributed by atoms with Crippen molar-refractivity contribution in [3.63, 3.8) is 0 Å². The largest absolute Gasteiger partial charge is 0.497 e. The number of amides is 1. The van der Waals surface area contributed by atoms with Gasteiger partial charge in [0.05, 0.1) is 19.6 Å². The van der Waals surface area contributed by atoms with Gasteiger partial charge in [-0.2, -0.15) is 0 Å². The molecular formula is C21H21FN2O2. The van der Waals surface area contributed by atoms with Gasteiger partial charge in [-0.1, -0.05) is 12.1 Å². The number of benzene rings is 2. The van der Waals surface area contributed by atoms with E-state index in [-0.39, 0.29) is 24.2 Å². The van der Waals surface area contributed by atoms with Gasteiger partial charge >= 0.3 is 0 Å². The molecule has 4 nitrogen and oxygen atoms in total. The molecule has 3 rings (SSSR count). The summed E-state index contributed by atoms with van der Waals surface area (Å²) in [7, 11) is 1.62. The zero-order valence-corrected chi connectivity index (χ0v) is 14.8. The summed E-state index contributed by atoms with van der Waals surface area (Å²) in [6, 6.07) is 15.7. The van der Waals surface area contributed by atoms with Crippen LogP contribution < -0.4 is 10.1 Å². The molecule has 0 saturated carbocycles. The zero-order valence-electron chi connectivity index (χ0n) is 14.8. The van der Waals surface area contributed by atoms with Gasteiger partial charge in [0.25, 0.3) is 0 Å². The van der Waals surface area contributed by atoms with E-state index < -0.39 is 0 Å². The summed E-state index contributed by atoms with van der Waals surface area (Å²) in [6.45, 7) is 1.77. The van der Waals surface area contributed by atoms with Crippen molar-refractivity contribution in [2.75, 3.05) is 12.4 Å². The normalized spacial score (nSPS) is 11.8. The van der Waals surface area contributed by atoms with Gasteiger partial charge in [-0.3, -0.25) is 4.79 Å².